The monoisotopic (exact) mass is 527 g/mol. The average molecular weight is 528 g/mol. The summed E-state index contributed by atoms with van der Waals surface area (Å²) in [7, 11) is 0. The standard InChI is InChI=1S/C37H21NOS/c1-4-16-31-25(11-1)28-19-20-29-26-12-2-5-17-32(26)39-36(29)34(28)35(38-31)23-10-7-9-22(21-23)24-14-8-15-30-27-13-3-6-18-33(27)40-37(24)30/h1-21H. The van der Waals surface area contributed by atoms with Gasteiger partial charge in [-0.15, -0.1) is 11.3 Å². The summed E-state index contributed by atoms with van der Waals surface area (Å²) in [5.74, 6) is 0. The molecule has 40 heavy (non-hydrogen) atoms. The minimum absolute atomic E-state index is 0.893. The van der Waals surface area contributed by atoms with Crippen LogP contribution in [0.1, 0.15) is 0 Å². The lowest BCUT2D eigenvalue weighted by Gasteiger charge is -2.12. The first kappa shape index (κ1) is 21.9. The smallest absolute Gasteiger partial charge is 0.145 e. The lowest BCUT2D eigenvalue weighted by Crippen LogP contribution is -1.91. The van der Waals surface area contributed by atoms with Crippen molar-refractivity contribution in [3.05, 3.63) is 127 Å². The van der Waals surface area contributed by atoms with E-state index in [9.17, 15) is 0 Å². The van der Waals surface area contributed by atoms with Crippen molar-refractivity contribution in [2.75, 3.05) is 0 Å². The van der Waals surface area contributed by atoms with Crippen molar-refractivity contribution >= 4 is 75.1 Å². The summed E-state index contributed by atoms with van der Waals surface area (Å²) >= 11 is 1.86. The van der Waals surface area contributed by atoms with Gasteiger partial charge in [0.1, 0.15) is 11.2 Å². The Balaban J connectivity index is 1.36. The van der Waals surface area contributed by atoms with Crippen LogP contribution >= 0.6 is 11.3 Å². The lowest BCUT2D eigenvalue weighted by atomic mass is 9.95. The first-order valence-corrected chi connectivity index (χ1v) is 14.3. The first-order chi connectivity index (χ1) is 19.8. The molecule has 0 bridgehead atoms. The summed E-state index contributed by atoms with van der Waals surface area (Å²) < 4.78 is 9.18. The minimum Gasteiger partial charge on any atom is -0.455 e. The third kappa shape index (κ3) is 3.07. The zero-order valence-electron chi connectivity index (χ0n) is 21.4. The summed E-state index contributed by atoms with van der Waals surface area (Å²) in [5, 5.41) is 8.22. The molecule has 9 rings (SSSR count). The molecule has 0 saturated carbocycles. The van der Waals surface area contributed by atoms with E-state index in [-0.39, 0.29) is 0 Å². The van der Waals surface area contributed by atoms with Gasteiger partial charge in [0.2, 0.25) is 0 Å². The van der Waals surface area contributed by atoms with E-state index in [1.54, 1.807) is 0 Å². The van der Waals surface area contributed by atoms with Gasteiger partial charge in [-0.2, -0.15) is 0 Å². The van der Waals surface area contributed by atoms with Crippen LogP contribution in [0.3, 0.4) is 0 Å². The van der Waals surface area contributed by atoms with E-state index in [0.717, 1.165) is 54.9 Å². The van der Waals surface area contributed by atoms with E-state index in [1.165, 1.54) is 31.3 Å². The molecule has 0 amide bonds. The highest BCUT2D eigenvalue weighted by Gasteiger charge is 2.18. The van der Waals surface area contributed by atoms with Gasteiger partial charge < -0.3 is 4.42 Å². The number of pyridine rings is 1. The molecule has 0 aliphatic heterocycles. The summed E-state index contributed by atoms with van der Waals surface area (Å²) in [5.41, 5.74) is 7.24. The van der Waals surface area contributed by atoms with Crippen LogP contribution in [0.2, 0.25) is 0 Å². The number of aromatic nitrogens is 1. The molecule has 0 unspecified atom stereocenters. The van der Waals surface area contributed by atoms with Crippen molar-refractivity contribution in [1.29, 1.82) is 0 Å². The van der Waals surface area contributed by atoms with Crippen molar-refractivity contribution in [2.45, 2.75) is 0 Å². The van der Waals surface area contributed by atoms with Crippen LogP contribution in [-0.4, -0.2) is 4.98 Å². The predicted octanol–water partition coefficient (Wildman–Crippen LogP) is 11.0. The molecule has 9 aromatic rings. The molecule has 0 aliphatic rings. The average Bonchev–Trinajstić information content (AvgIpc) is 3.59. The maximum Gasteiger partial charge on any atom is 0.145 e. The number of para-hydroxylation sites is 2. The van der Waals surface area contributed by atoms with Gasteiger partial charge in [0, 0.05) is 41.9 Å². The number of furan rings is 1. The summed E-state index contributed by atoms with van der Waals surface area (Å²) in [6, 6.07) is 45.2. The molecule has 3 aromatic heterocycles. The molecular formula is C37H21NOS. The molecule has 3 heterocycles. The summed E-state index contributed by atoms with van der Waals surface area (Å²) in [4.78, 5) is 5.27. The Kier molecular flexibility index (Phi) is 4.52. The van der Waals surface area contributed by atoms with E-state index in [1.807, 2.05) is 23.5 Å². The zero-order valence-corrected chi connectivity index (χ0v) is 22.2. The van der Waals surface area contributed by atoms with Gasteiger partial charge in [0.15, 0.2) is 0 Å². The number of rotatable bonds is 2. The van der Waals surface area contributed by atoms with Crippen molar-refractivity contribution in [3.8, 4) is 22.4 Å². The Hall–Kier alpha value is -4.99. The van der Waals surface area contributed by atoms with Crippen LogP contribution in [0.4, 0.5) is 0 Å². The van der Waals surface area contributed by atoms with Gasteiger partial charge in [0.25, 0.3) is 0 Å². The second-order valence-corrected chi connectivity index (χ2v) is 11.4. The Morgan fingerprint density at radius 1 is 0.525 bits per heavy atom. The van der Waals surface area contributed by atoms with Crippen molar-refractivity contribution in [3.63, 3.8) is 0 Å². The van der Waals surface area contributed by atoms with Crippen LogP contribution in [0, 0.1) is 0 Å². The summed E-state index contributed by atoms with van der Waals surface area (Å²) in [6.45, 7) is 0. The fraction of sp³-hybridized carbons (Fsp3) is 0. The van der Waals surface area contributed by atoms with Crippen LogP contribution < -0.4 is 0 Å². The lowest BCUT2D eigenvalue weighted by molar-refractivity contribution is 0.672. The van der Waals surface area contributed by atoms with Gasteiger partial charge in [-0.25, -0.2) is 4.98 Å². The van der Waals surface area contributed by atoms with E-state index >= 15 is 0 Å². The SMILES string of the molecule is c1cc(-c2cccc3c2sc2ccccc23)cc(-c2nc3ccccc3c3ccc4c5ccccc5oc4c23)c1. The molecule has 0 spiro atoms. The Bertz CT molecular complexity index is 2450. The molecule has 2 nitrogen and oxygen atoms in total. The Morgan fingerprint density at radius 3 is 2.20 bits per heavy atom. The van der Waals surface area contributed by atoms with Gasteiger partial charge in [-0.05, 0) is 46.8 Å². The third-order valence-electron chi connectivity index (χ3n) is 8.06. The zero-order chi connectivity index (χ0) is 26.2. The van der Waals surface area contributed by atoms with Gasteiger partial charge in [-0.3, -0.25) is 0 Å². The predicted molar refractivity (Wildman–Crippen MR) is 170 cm³/mol. The highest BCUT2D eigenvalue weighted by atomic mass is 32.1. The van der Waals surface area contributed by atoms with E-state index in [4.69, 9.17) is 9.40 Å². The Morgan fingerprint density at radius 2 is 1.25 bits per heavy atom. The van der Waals surface area contributed by atoms with E-state index in [0.29, 0.717) is 0 Å². The molecule has 0 N–H and O–H groups in total. The molecule has 186 valence electrons. The number of nitrogens with zero attached hydrogens (tertiary/aromatic N) is 1. The van der Waals surface area contributed by atoms with Crippen molar-refractivity contribution < 1.29 is 4.42 Å². The molecule has 0 saturated heterocycles. The molecule has 0 aliphatic carbocycles. The highest BCUT2D eigenvalue weighted by Crippen LogP contribution is 2.43. The number of benzene rings is 6. The quantitative estimate of drug-likeness (QED) is 0.209. The molecule has 6 aromatic carbocycles. The summed E-state index contributed by atoms with van der Waals surface area (Å²) in [6.07, 6.45) is 0. The first-order valence-electron chi connectivity index (χ1n) is 13.5. The molecule has 3 heteroatoms. The van der Waals surface area contributed by atoms with Gasteiger partial charge in [-0.1, -0.05) is 97.1 Å². The molecule has 0 radical (unpaired) electrons. The molecular weight excluding hydrogens is 506 g/mol. The number of hydrogen-bond acceptors (Lipinski definition) is 3. The molecule has 0 atom stereocenters. The number of fused-ring (bicyclic) bond motifs is 10. The second-order valence-electron chi connectivity index (χ2n) is 10.3. The number of hydrogen-bond donors (Lipinski definition) is 0. The largest absolute Gasteiger partial charge is 0.455 e. The fourth-order valence-corrected chi connectivity index (χ4v) is 7.48. The maximum atomic E-state index is 6.54. The van der Waals surface area contributed by atoms with E-state index in [2.05, 4.69) is 115 Å². The van der Waals surface area contributed by atoms with Crippen LogP contribution in [-0.2, 0) is 0 Å². The highest BCUT2D eigenvalue weighted by molar-refractivity contribution is 7.26. The van der Waals surface area contributed by atoms with E-state index < -0.39 is 0 Å². The van der Waals surface area contributed by atoms with Crippen molar-refractivity contribution in [2.24, 2.45) is 0 Å². The molecule has 0 fully saturated rings. The van der Waals surface area contributed by atoms with Gasteiger partial charge >= 0.3 is 0 Å². The number of thiophene rings is 1. The van der Waals surface area contributed by atoms with Gasteiger partial charge in [0.05, 0.1) is 16.6 Å². The third-order valence-corrected chi connectivity index (χ3v) is 9.28. The van der Waals surface area contributed by atoms with Crippen molar-refractivity contribution in [1.82, 2.24) is 4.98 Å². The van der Waals surface area contributed by atoms with Crippen LogP contribution in [0.15, 0.2) is 132 Å². The maximum absolute atomic E-state index is 6.54. The Labute approximate surface area is 233 Å². The normalized spacial score (nSPS) is 12.0. The topological polar surface area (TPSA) is 26.0 Å². The second kappa shape index (κ2) is 8.25. The minimum atomic E-state index is 0.893. The van der Waals surface area contributed by atoms with Crippen LogP contribution in [0.5, 0.6) is 0 Å². The fourth-order valence-electron chi connectivity index (χ4n) is 6.24. The van der Waals surface area contributed by atoms with Crippen LogP contribution in [0.25, 0.3) is 86.2 Å².